The lowest BCUT2D eigenvalue weighted by molar-refractivity contribution is -0.142. The van der Waals surface area contributed by atoms with Crippen molar-refractivity contribution in [2.24, 2.45) is 0 Å². The van der Waals surface area contributed by atoms with Crippen LogP contribution in [0, 0.1) is 12.5 Å². The van der Waals surface area contributed by atoms with E-state index < -0.39 is 11.4 Å². The summed E-state index contributed by atoms with van der Waals surface area (Å²) in [6.45, 7) is 5.14. The first-order valence-electron chi connectivity index (χ1n) is 6.64. The van der Waals surface area contributed by atoms with Gasteiger partial charge < -0.3 is 9.53 Å². The quantitative estimate of drug-likeness (QED) is 0.465. The fourth-order valence-corrected chi connectivity index (χ4v) is 1.60. The van der Waals surface area contributed by atoms with Crippen molar-refractivity contribution in [3.8, 4) is 12.5 Å². The molecule has 0 atom stereocenters. The Hall–Kier alpha value is -1.79. The molecule has 1 aromatic carbocycles. The van der Waals surface area contributed by atoms with E-state index in [-0.39, 0.29) is 8.64 Å². The van der Waals surface area contributed by atoms with Crippen LogP contribution >= 0.6 is 11.6 Å². The summed E-state index contributed by atoms with van der Waals surface area (Å²) in [4.78, 5) is 21.6. The maximum Gasteiger partial charge on any atom is 0.329 e. The summed E-state index contributed by atoms with van der Waals surface area (Å²) >= 11 is 5.29. The molecule has 0 aromatic heterocycles. The molecule has 4 heteroatoms. The van der Waals surface area contributed by atoms with Crippen molar-refractivity contribution in [2.75, 3.05) is 5.88 Å². The first-order chi connectivity index (χ1) is 9.86. The second-order valence-corrected chi connectivity index (χ2v) is 5.37. The summed E-state index contributed by atoms with van der Waals surface area (Å²) < 4.78 is 4.55. The van der Waals surface area contributed by atoms with Crippen LogP contribution in [0.2, 0.25) is 0 Å². The van der Waals surface area contributed by atoms with Gasteiger partial charge in [0.05, 0.1) is 5.41 Å². The van der Waals surface area contributed by atoms with Gasteiger partial charge in [-0.1, -0.05) is 36.8 Å². The summed E-state index contributed by atoms with van der Waals surface area (Å²) in [6.07, 6.45) is 8.25. The van der Waals surface area contributed by atoms with Crippen molar-refractivity contribution in [3.05, 3.63) is 35.9 Å². The summed E-state index contributed by atoms with van der Waals surface area (Å²) in [6, 6.07) is 9.39. The fraction of sp³-hybridized carbons (Fsp3) is 0.412. The van der Waals surface area contributed by atoms with Crippen LogP contribution in [0.5, 0.6) is 0 Å². The summed E-state index contributed by atoms with van der Waals surface area (Å²) in [5.74, 6) is 0.409. The summed E-state index contributed by atoms with van der Waals surface area (Å²) in [7, 11) is 0. The number of rotatable bonds is 5. The number of benzene rings is 1. The van der Waals surface area contributed by atoms with E-state index in [1.54, 1.807) is 20.8 Å². The molecule has 1 aromatic rings. The van der Waals surface area contributed by atoms with Crippen LogP contribution in [0.1, 0.15) is 42.0 Å². The highest BCUT2D eigenvalue weighted by Crippen LogP contribution is 2.24. The lowest BCUT2D eigenvalue weighted by Gasteiger charge is -2.20. The molecular formula is C17H25ClO3. The number of Topliss-reactive ketones (excluding diaryl/α,β-unsaturated/α-hetero) is 1. The molecule has 118 valence electrons. The second kappa shape index (κ2) is 10.0. The van der Waals surface area contributed by atoms with Crippen LogP contribution < -0.4 is 0 Å². The van der Waals surface area contributed by atoms with Gasteiger partial charge in [-0.25, -0.2) is 4.79 Å². The first-order valence-corrected chi connectivity index (χ1v) is 7.17. The highest BCUT2D eigenvalue weighted by atomic mass is 35.5. The third-order valence-electron chi connectivity index (χ3n) is 2.82. The number of alkyl halides is 1. The molecule has 0 aliphatic rings. The van der Waals surface area contributed by atoms with Gasteiger partial charge in [0.25, 0.3) is 0 Å². The van der Waals surface area contributed by atoms with Crippen molar-refractivity contribution in [1.82, 2.24) is 0 Å². The average molecular weight is 313 g/mol. The Morgan fingerprint density at radius 3 is 2.29 bits per heavy atom. The first kappa shape index (κ1) is 19.2. The molecule has 0 fully saturated rings. The highest BCUT2D eigenvalue weighted by molar-refractivity contribution is 6.17. The van der Waals surface area contributed by atoms with Crippen LogP contribution in [-0.2, 0) is 19.7 Å². The fourth-order valence-electron chi connectivity index (χ4n) is 1.47. The van der Waals surface area contributed by atoms with Crippen molar-refractivity contribution in [1.29, 1.82) is 0 Å². The molecule has 0 unspecified atom stereocenters. The van der Waals surface area contributed by atoms with Gasteiger partial charge >= 0.3 is 5.97 Å². The summed E-state index contributed by atoms with van der Waals surface area (Å²) in [5, 5.41) is 0. The molecule has 0 amide bonds. The Bertz CT molecular complexity index is 496. The van der Waals surface area contributed by atoms with Gasteiger partial charge in [-0.05, 0) is 32.8 Å². The molecule has 0 saturated heterocycles. The minimum atomic E-state index is -0.701. The molecule has 0 spiro atoms. The molecule has 0 radical (unpaired) electrons. The van der Waals surface area contributed by atoms with Gasteiger partial charge in [0, 0.05) is 15.2 Å². The van der Waals surface area contributed by atoms with Crippen LogP contribution in [0.4, 0.5) is 0 Å². The van der Waals surface area contributed by atoms with Gasteiger partial charge in [0.2, 0.25) is 0 Å². The zero-order valence-corrected chi connectivity index (χ0v) is 13.4. The van der Waals surface area contributed by atoms with Crippen molar-refractivity contribution in [3.63, 3.8) is 0 Å². The van der Waals surface area contributed by atoms with E-state index in [9.17, 15) is 9.59 Å². The van der Waals surface area contributed by atoms with E-state index in [4.69, 9.17) is 18.0 Å². The molecule has 1 rings (SSSR count). The molecule has 0 heterocycles. The Morgan fingerprint density at radius 1 is 1.33 bits per heavy atom. The zero-order valence-electron chi connectivity index (χ0n) is 12.7. The maximum atomic E-state index is 11.5. The van der Waals surface area contributed by atoms with Gasteiger partial charge in [-0.3, -0.25) is 0 Å². The number of terminal acetylenes is 1. The van der Waals surface area contributed by atoms with Crippen molar-refractivity contribution in [2.45, 2.75) is 39.0 Å². The third kappa shape index (κ3) is 7.53. The molecule has 21 heavy (non-hydrogen) atoms. The number of carbonyl (C=O) groups excluding carboxylic acids is 2. The van der Waals surface area contributed by atoms with Crippen LogP contribution in [-0.4, -0.2) is 17.6 Å². The van der Waals surface area contributed by atoms with Crippen molar-refractivity contribution >= 4 is 23.4 Å². The van der Waals surface area contributed by atoms with Gasteiger partial charge in [0.15, 0.2) is 0 Å². The lowest BCUT2D eigenvalue weighted by atomic mass is 9.85. The minimum Gasteiger partial charge on any atom is -0.372 e. The highest BCUT2D eigenvalue weighted by Gasteiger charge is 2.31. The zero-order chi connectivity index (χ0) is 16.3. The average Bonchev–Trinajstić information content (AvgIpc) is 2.47. The summed E-state index contributed by atoms with van der Waals surface area (Å²) in [5.41, 5.74) is 0.188. The number of hydrogen-bond acceptors (Lipinski definition) is 3. The number of ether oxygens (including phenoxy) is 1. The molecular weight excluding hydrogens is 288 g/mol. The van der Waals surface area contributed by atoms with Crippen molar-refractivity contribution < 1.29 is 17.2 Å². The molecule has 3 nitrogen and oxygen atoms in total. The maximum absolute atomic E-state index is 11.5. The van der Waals surface area contributed by atoms with Crippen LogP contribution in [0.15, 0.2) is 30.3 Å². The molecule has 0 bridgehead atoms. The van der Waals surface area contributed by atoms with Gasteiger partial charge in [0.1, 0.15) is 11.9 Å². The Morgan fingerprint density at radius 2 is 1.90 bits per heavy atom. The largest absolute Gasteiger partial charge is 0.372 e. The van der Waals surface area contributed by atoms with E-state index in [1.807, 2.05) is 36.4 Å². The minimum absolute atomic E-state index is 0. The predicted molar refractivity (Wildman–Crippen MR) is 89.3 cm³/mol. The normalized spacial score (nSPS) is 9.86. The third-order valence-corrected chi connectivity index (χ3v) is 3.09. The van der Waals surface area contributed by atoms with E-state index in [2.05, 4.69) is 4.74 Å². The topological polar surface area (TPSA) is 43.4 Å². The van der Waals surface area contributed by atoms with Gasteiger partial charge in [-0.15, -0.1) is 11.6 Å². The standard InChI is InChI=1S/C12H12O2.C5H9ClO.2H2/c1-4-14-11(13)12(2,3)10-8-6-5-7-9-10;1-5(7)3-2-4-6;;/h1,5-9H,2-3H3;2-4H2,1H3;2*1H. The number of ketones is 1. The van der Waals surface area contributed by atoms with E-state index in [1.165, 1.54) is 0 Å². The Labute approximate surface area is 134 Å². The molecule has 0 aliphatic heterocycles. The Balaban J connectivity index is -0.000000386. The smallest absolute Gasteiger partial charge is 0.329 e. The number of esters is 1. The number of halogens is 1. The van der Waals surface area contributed by atoms with Crippen LogP contribution in [0.25, 0.3) is 0 Å². The molecule has 0 N–H and O–H groups in total. The number of hydrogen-bond donors (Lipinski definition) is 0. The van der Waals surface area contributed by atoms with E-state index in [0.29, 0.717) is 12.3 Å². The van der Waals surface area contributed by atoms with E-state index >= 15 is 0 Å². The number of carbonyl (C=O) groups is 2. The molecule has 0 saturated carbocycles. The van der Waals surface area contributed by atoms with Crippen LogP contribution in [0.3, 0.4) is 0 Å². The van der Waals surface area contributed by atoms with Gasteiger partial charge in [-0.2, -0.15) is 0 Å². The molecule has 0 aliphatic carbocycles. The monoisotopic (exact) mass is 312 g/mol. The SMILES string of the molecule is C#COC(=O)C(C)(C)c1ccccc1.CC(=O)CCCCl.[HH].[HH]. The Kier molecular flexibility index (Phi) is 9.16. The second-order valence-electron chi connectivity index (χ2n) is 4.99. The predicted octanol–water partition coefficient (Wildman–Crippen LogP) is 4.18. The van der Waals surface area contributed by atoms with E-state index in [0.717, 1.165) is 12.0 Å². The lowest BCUT2D eigenvalue weighted by Crippen LogP contribution is -2.29.